The monoisotopic (exact) mass is 544 g/mol. The van der Waals surface area contributed by atoms with Gasteiger partial charge in [0.15, 0.2) is 15.8 Å². The Morgan fingerprint density at radius 2 is 1.80 bits per heavy atom. The molecular weight excluding hydrogens is 515 g/mol. The second kappa shape index (κ2) is 11.9. The van der Waals surface area contributed by atoms with Crippen molar-refractivity contribution in [1.29, 1.82) is 0 Å². The van der Waals surface area contributed by atoms with Crippen LogP contribution in [0.2, 0.25) is 0 Å². The van der Waals surface area contributed by atoms with Crippen LogP contribution in [0.15, 0.2) is 52.4 Å². The largest absolute Gasteiger partial charge is 0.352 e. The van der Waals surface area contributed by atoms with E-state index in [1.807, 2.05) is 30.3 Å². The lowest BCUT2D eigenvalue weighted by atomic mass is 10.1. The molecule has 0 saturated heterocycles. The highest BCUT2D eigenvalue weighted by Crippen LogP contribution is 2.16. The summed E-state index contributed by atoms with van der Waals surface area (Å²) in [7, 11) is -1.61. The van der Waals surface area contributed by atoms with Gasteiger partial charge in [-0.3, -0.25) is 9.79 Å². The molecule has 0 fully saturated rings. The van der Waals surface area contributed by atoms with Gasteiger partial charge in [-0.15, -0.1) is 24.0 Å². The minimum absolute atomic E-state index is 0. The number of benzene rings is 2. The van der Waals surface area contributed by atoms with Gasteiger partial charge < -0.3 is 16.0 Å². The maximum Gasteiger partial charge on any atom is 0.243 e. The third-order valence-electron chi connectivity index (χ3n) is 4.36. The number of hydrogen-bond donors (Lipinski definition) is 3. The number of rotatable bonds is 7. The average Bonchev–Trinajstić information content (AvgIpc) is 2.67. The molecule has 0 heterocycles. The van der Waals surface area contributed by atoms with E-state index in [-0.39, 0.29) is 36.4 Å². The summed E-state index contributed by atoms with van der Waals surface area (Å²) < 4.78 is 23.4. The van der Waals surface area contributed by atoms with Crippen molar-refractivity contribution in [1.82, 2.24) is 10.6 Å². The molecule has 0 aliphatic rings. The van der Waals surface area contributed by atoms with E-state index in [2.05, 4.69) is 27.9 Å². The van der Waals surface area contributed by atoms with Crippen molar-refractivity contribution in [2.45, 2.75) is 31.7 Å². The molecule has 3 N–H and O–H groups in total. The lowest BCUT2D eigenvalue weighted by Gasteiger charge is -2.13. The number of sulfone groups is 1. The van der Waals surface area contributed by atoms with Gasteiger partial charge in [0, 0.05) is 25.5 Å². The number of carbonyl (C=O) groups excluding carboxylic acids is 1. The Balaban J connectivity index is 0.00000450. The van der Waals surface area contributed by atoms with Gasteiger partial charge in [-0.05, 0) is 48.2 Å². The molecule has 0 atom stereocenters. The van der Waals surface area contributed by atoms with Crippen LogP contribution in [0, 0.1) is 6.92 Å². The van der Waals surface area contributed by atoms with E-state index in [1.165, 1.54) is 6.26 Å². The Bertz CT molecular complexity index is 1010. The molecule has 0 aliphatic carbocycles. The summed E-state index contributed by atoms with van der Waals surface area (Å²) in [6.45, 7) is 4.35. The van der Waals surface area contributed by atoms with E-state index in [1.54, 1.807) is 26.1 Å². The third-order valence-corrected chi connectivity index (χ3v) is 5.61. The number of nitrogens with one attached hydrogen (secondary N) is 3. The van der Waals surface area contributed by atoms with Gasteiger partial charge >= 0.3 is 0 Å². The fraction of sp³-hybridized carbons (Fsp3) is 0.333. The second-order valence-corrected chi connectivity index (χ2v) is 8.74. The van der Waals surface area contributed by atoms with E-state index in [4.69, 9.17) is 0 Å². The molecular formula is C21H29IN4O3S. The fourth-order valence-corrected chi connectivity index (χ4v) is 3.84. The molecule has 2 aromatic carbocycles. The van der Waals surface area contributed by atoms with Gasteiger partial charge in [0.2, 0.25) is 5.91 Å². The number of aliphatic imine (C=N–C) groups is 1. The molecule has 164 valence electrons. The third kappa shape index (κ3) is 7.94. The van der Waals surface area contributed by atoms with Gasteiger partial charge in [0.1, 0.15) is 0 Å². The van der Waals surface area contributed by atoms with Crippen LogP contribution < -0.4 is 16.0 Å². The number of guanidine groups is 1. The van der Waals surface area contributed by atoms with Crippen LogP contribution in [0.4, 0.5) is 5.69 Å². The van der Waals surface area contributed by atoms with Gasteiger partial charge in [-0.1, -0.05) is 31.2 Å². The molecule has 30 heavy (non-hydrogen) atoms. The molecule has 0 saturated carbocycles. The van der Waals surface area contributed by atoms with Crippen molar-refractivity contribution in [2.75, 3.05) is 25.2 Å². The first-order valence-electron chi connectivity index (χ1n) is 9.35. The van der Waals surface area contributed by atoms with Crippen molar-refractivity contribution in [3.63, 3.8) is 0 Å². The zero-order chi connectivity index (χ0) is 21.4. The second-order valence-electron chi connectivity index (χ2n) is 6.75. The number of anilines is 1. The maximum atomic E-state index is 12.2. The highest BCUT2D eigenvalue weighted by atomic mass is 127. The summed E-state index contributed by atoms with van der Waals surface area (Å²) in [5, 5.41) is 8.94. The van der Waals surface area contributed by atoms with Crippen molar-refractivity contribution >= 4 is 51.4 Å². The summed E-state index contributed by atoms with van der Waals surface area (Å²) in [6.07, 6.45) is 2.10. The first-order chi connectivity index (χ1) is 13.7. The number of hydrogen-bond acceptors (Lipinski definition) is 4. The van der Waals surface area contributed by atoms with E-state index < -0.39 is 9.84 Å². The summed E-state index contributed by atoms with van der Waals surface area (Å²) in [4.78, 5) is 16.6. The molecule has 2 aromatic rings. The van der Waals surface area contributed by atoms with Gasteiger partial charge in [-0.2, -0.15) is 0 Å². The number of carbonyl (C=O) groups is 1. The van der Waals surface area contributed by atoms with Gasteiger partial charge in [0.05, 0.1) is 11.4 Å². The van der Waals surface area contributed by atoms with Gasteiger partial charge in [0.25, 0.3) is 0 Å². The first-order valence-corrected chi connectivity index (χ1v) is 11.2. The summed E-state index contributed by atoms with van der Waals surface area (Å²) in [5.74, 6) is 0.307. The van der Waals surface area contributed by atoms with Crippen LogP contribution >= 0.6 is 24.0 Å². The Kier molecular flexibility index (Phi) is 10.3. The van der Waals surface area contributed by atoms with Crippen molar-refractivity contribution < 1.29 is 13.2 Å². The quantitative estimate of drug-likeness (QED) is 0.283. The highest BCUT2D eigenvalue weighted by Gasteiger charge is 2.11. The smallest absolute Gasteiger partial charge is 0.243 e. The lowest BCUT2D eigenvalue weighted by molar-refractivity contribution is -0.115. The predicted molar refractivity (Wildman–Crippen MR) is 132 cm³/mol. The van der Waals surface area contributed by atoms with Crippen LogP contribution in [0.1, 0.15) is 23.6 Å². The Hall–Kier alpha value is -2.14. The number of aryl methyl sites for hydroxylation is 2. The van der Waals surface area contributed by atoms with Crippen LogP contribution in [0.3, 0.4) is 0 Å². The lowest BCUT2D eigenvalue weighted by Crippen LogP contribution is -2.41. The minimum atomic E-state index is -3.24. The molecule has 7 nitrogen and oxygen atoms in total. The molecule has 0 unspecified atom stereocenters. The van der Waals surface area contributed by atoms with Crippen LogP contribution in [0.25, 0.3) is 0 Å². The van der Waals surface area contributed by atoms with Crippen LogP contribution in [0.5, 0.6) is 0 Å². The molecule has 0 aromatic heterocycles. The van der Waals surface area contributed by atoms with Crippen molar-refractivity contribution in [3.05, 3.63) is 59.2 Å². The minimum Gasteiger partial charge on any atom is -0.352 e. The average molecular weight is 544 g/mol. The predicted octanol–water partition coefficient (Wildman–Crippen LogP) is 2.88. The molecule has 0 radical (unpaired) electrons. The maximum absolute atomic E-state index is 12.2. The molecule has 0 aliphatic heterocycles. The normalized spacial score (nSPS) is 11.4. The Morgan fingerprint density at radius 1 is 1.07 bits per heavy atom. The topological polar surface area (TPSA) is 99.7 Å². The molecule has 9 heteroatoms. The Morgan fingerprint density at radius 3 is 2.40 bits per heavy atom. The summed E-state index contributed by atoms with van der Waals surface area (Å²) in [6, 6.07) is 12.9. The zero-order valence-electron chi connectivity index (χ0n) is 17.7. The Labute approximate surface area is 195 Å². The van der Waals surface area contributed by atoms with Crippen molar-refractivity contribution in [3.8, 4) is 0 Å². The molecule has 0 spiro atoms. The van der Waals surface area contributed by atoms with E-state index in [0.29, 0.717) is 23.0 Å². The first kappa shape index (κ1) is 25.9. The van der Waals surface area contributed by atoms with Crippen LogP contribution in [-0.4, -0.2) is 40.1 Å². The fourth-order valence-electron chi connectivity index (χ4n) is 2.88. The standard InChI is InChI=1S/C21H28N4O3S.HI/c1-5-16-7-6-8-18(12-16)25-20(26)14-24-21(22-3)23-13-17-9-10-19(15(2)11-17)29(4,27)28;/h6-12H,5,13-14H2,1-4H3,(H,25,26)(H2,22,23,24);1H. The number of nitrogens with zero attached hydrogens (tertiary/aromatic N) is 1. The summed E-state index contributed by atoms with van der Waals surface area (Å²) >= 11 is 0. The van der Waals surface area contributed by atoms with E-state index in [9.17, 15) is 13.2 Å². The highest BCUT2D eigenvalue weighted by molar-refractivity contribution is 14.0. The molecule has 2 rings (SSSR count). The molecule has 0 bridgehead atoms. The number of halogens is 1. The SMILES string of the molecule is CCc1cccc(NC(=O)CNC(=NC)NCc2ccc(S(C)(=O)=O)c(C)c2)c1.I. The summed E-state index contributed by atoms with van der Waals surface area (Å²) in [5.41, 5.74) is 3.54. The number of amides is 1. The van der Waals surface area contributed by atoms with E-state index >= 15 is 0 Å². The van der Waals surface area contributed by atoms with E-state index in [0.717, 1.165) is 23.2 Å². The zero-order valence-corrected chi connectivity index (χ0v) is 20.8. The van der Waals surface area contributed by atoms with Crippen molar-refractivity contribution in [2.24, 2.45) is 4.99 Å². The van der Waals surface area contributed by atoms with Crippen LogP contribution in [-0.2, 0) is 27.6 Å². The van der Waals surface area contributed by atoms with Gasteiger partial charge in [-0.25, -0.2) is 8.42 Å². The molecule has 1 amide bonds.